The lowest BCUT2D eigenvalue weighted by atomic mass is 9.98. The van der Waals surface area contributed by atoms with Crippen LogP contribution >= 0.6 is 23.2 Å². The third-order valence-corrected chi connectivity index (χ3v) is 5.78. The Hall–Kier alpha value is -1.98. The molecule has 0 aliphatic carbocycles. The maximum Gasteiger partial charge on any atom is 0.322 e. The van der Waals surface area contributed by atoms with Crippen molar-refractivity contribution in [3.63, 3.8) is 0 Å². The lowest BCUT2D eigenvalue weighted by Crippen LogP contribution is -2.50. The van der Waals surface area contributed by atoms with Crippen molar-refractivity contribution in [2.24, 2.45) is 0 Å². The smallest absolute Gasteiger partial charge is 0.322 e. The van der Waals surface area contributed by atoms with Gasteiger partial charge in [-0.1, -0.05) is 41.4 Å². The average molecular weight is 391 g/mol. The molecule has 2 atom stereocenters. The second-order valence-corrected chi connectivity index (χ2v) is 7.58. The minimum atomic E-state index is -0.0457. The van der Waals surface area contributed by atoms with Crippen molar-refractivity contribution >= 4 is 40.6 Å². The maximum atomic E-state index is 12.8. The Labute approximate surface area is 162 Å². The van der Waals surface area contributed by atoms with Crippen LogP contribution in [0.15, 0.2) is 42.7 Å². The predicted octanol–water partition coefficient (Wildman–Crippen LogP) is 4.66. The molecular formula is C19H20Cl2N4O. The second kappa shape index (κ2) is 7.33. The summed E-state index contributed by atoms with van der Waals surface area (Å²) in [7, 11) is 0. The summed E-state index contributed by atoms with van der Waals surface area (Å²) in [6, 6.07) is 9.99. The first-order valence-corrected chi connectivity index (χ1v) is 9.57. The number of fused-ring (bicyclic) bond motifs is 4. The van der Waals surface area contributed by atoms with Crippen LogP contribution in [0, 0.1) is 0 Å². The highest BCUT2D eigenvalue weighted by Crippen LogP contribution is 2.39. The van der Waals surface area contributed by atoms with Crippen LogP contribution in [0.5, 0.6) is 0 Å². The maximum absolute atomic E-state index is 12.8. The van der Waals surface area contributed by atoms with Gasteiger partial charge in [-0.05, 0) is 31.4 Å². The molecule has 0 saturated carbocycles. The first kappa shape index (κ1) is 17.4. The van der Waals surface area contributed by atoms with Crippen LogP contribution in [-0.2, 0) is 0 Å². The molecule has 5 rings (SSSR count). The fourth-order valence-corrected chi connectivity index (χ4v) is 4.55. The van der Waals surface area contributed by atoms with Gasteiger partial charge < -0.3 is 15.1 Å². The number of halogens is 2. The largest absolute Gasteiger partial charge is 0.364 e. The third kappa shape index (κ3) is 3.33. The van der Waals surface area contributed by atoms with E-state index in [-0.39, 0.29) is 12.1 Å². The first-order chi connectivity index (χ1) is 12.6. The lowest BCUT2D eigenvalue weighted by Gasteiger charge is -2.40. The highest BCUT2D eigenvalue weighted by atomic mass is 35.5. The number of para-hydroxylation sites is 1. The number of nitrogens with one attached hydrogen (secondary N) is 1. The third-order valence-electron chi connectivity index (χ3n) is 5.23. The van der Waals surface area contributed by atoms with Crippen LogP contribution in [0.4, 0.5) is 16.2 Å². The number of pyridine rings is 1. The van der Waals surface area contributed by atoms with Gasteiger partial charge in [0.25, 0.3) is 0 Å². The fraction of sp³-hybridized carbons (Fsp3) is 0.368. The number of hydrogen-bond donors (Lipinski definition) is 1. The van der Waals surface area contributed by atoms with E-state index in [1.165, 1.54) is 0 Å². The van der Waals surface area contributed by atoms with Crippen molar-refractivity contribution in [3.05, 3.63) is 52.8 Å². The molecule has 1 aromatic carbocycles. The average Bonchev–Trinajstić information content (AvgIpc) is 2.94. The number of urea groups is 1. The molecule has 26 heavy (non-hydrogen) atoms. The van der Waals surface area contributed by atoms with Crippen LogP contribution in [0.1, 0.15) is 19.3 Å². The van der Waals surface area contributed by atoms with Crippen LogP contribution in [0.25, 0.3) is 0 Å². The van der Waals surface area contributed by atoms with Crippen LogP contribution in [0.2, 0.25) is 10.0 Å². The summed E-state index contributed by atoms with van der Waals surface area (Å²) < 4.78 is 0. The summed E-state index contributed by atoms with van der Waals surface area (Å²) in [6.07, 6.45) is 6.16. The monoisotopic (exact) mass is 390 g/mol. The number of hydrogen-bond acceptors (Lipinski definition) is 3. The molecule has 5 nitrogen and oxygen atoms in total. The summed E-state index contributed by atoms with van der Waals surface area (Å²) in [5, 5.41) is 4.13. The van der Waals surface area contributed by atoms with Crippen molar-refractivity contribution in [3.8, 4) is 0 Å². The molecular weight excluding hydrogens is 371 g/mol. The predicted molar refractivity (Wildman–Crippen MR) is 105 cm³/mol. The van der Waals surface area contributed by atoms with Crippen molar-refractivity contribution in [2.45, 2.75) is 31.3 Å². The summed E-state index contributed by atoms with van der Waals surface area (Å²) in [4.78, 5) is 21.1. The molecule has 2 unspecified atom stereocenters. The molecule has 3 fully saturated rings. The molecule has 2 amide bonds. The molecule has 0 spiro atoms. The molecule has 136 valence electrons. The highest BCUT2D eigenvalue weighted by molar-refractivity contribution is 6.38. The number of amides is 2. The van der Waals surface area contributed by atoms with E-state index >= 15 is 0 Å². The highest BCUT2D eigenvalue weighted by Gasteiger charge is 2.39. The SMILES string of the molecule is O=C(Nc1ccccc1)N1CCC2CCC1CN2c1c(Cl)cncc1Cl. The molecule has 1 N–H and O–H groups in total. The van der Waals surface area contributed by atoms with Gasteiger partial charge in [-0.25, -0.2) is 4.79 Å². The second-order valence-electron chi connectivity index (χ2n) is 6.77. The summed E-state index contributed by atoms with van der Waals surface area (Å²) in [5.41, 5.74) is 1.65. The van der Waals surface area contributed by atoms with E-state index in [0.29, 0.717) is 16.1 Å². The van der Waals surface area contributed by atoms with Gasteiger partial charge in [0.1, 0.15) is 0 Å². The Morgan fingerprint density at radius 3 is 2.46 bits per heavy atom. The van der Waals surface area contributed by atoms with Gasteiger partial charge in [0.2, 0.25) is 0 Å². The Bertz CT molecular complexity index is 781. The van der Waals surface area contributed by atoms with E-state index in [2.05, 4.69) is 15.2 Å². The number of carbonyl (C=O) groups excluding carboxylic acids is 1. The zero-order chi connectivity index (χ0) is 18.1. The van der Waals surface area contributed by atoms with Crippen LogP contribution in [-0.4, -0.2) is 41.1 Å². The summed E-state index contributed by atoms with van der Waals surface area (Å²) in [6.45, 7) is 1.46. The Kier molecular flexibility index (Phi) is 4.92. The van der Waals surface area contributed by atoms with E-state index in [0.717, 1.165) is 43.7 Å². The molecule has 7 heteroatoms. The zero-order valence-corrected chi connectivity index (χ0v) is 15.7. The van der Waals surface area contributed by atoms with Crippen molar-refractivity contribution in [1.29, 1.82) is 0 Å². The molecule has 1 aromatic heterocycles. The number of carbonyl (C=O) groups is 1. The topological polar surface area (TPSA) is 48.5 Å². The van der Waals surface area contributed by atoms with Gasteiger partial charge in [0.05, 0.1) is 21.8 Å². The van der Waals surface area contributed by atoms with Crippen molar-refractivity contribution < 1.29 is 4.79 Å². The molecule has 3 saturated heterocycles. The number of anilines is 2. The van der Waals surface area contributed by atoms with Gasteiger partial charge in [-0.15, -0.1) is 0 Å². The number of rotatable bonds is 2. The van der Waals surface area contributed by atoms with Crippen molar-refractivity contribution in [2.75, 3.05) is 23.3 Å². The molecule has 2 aromatic rings. The van der Waals surface area contributed by atoms with E-state index in [1.54, 1.807) is 12.4 Å². The first-order valence-electron chi connectivity index (χ1n) is 8.82. The Morgan fingerprint density at radius 2 is 1.73 bits per heavy atom. The molecule has 3 aliphatic rings. The fourth-order valence-electron chi connectivity index (χ4n) is 3.97. The molecule has 3 aliphatic heterocycles. The molecule has 0 radical (unpaired) electrons. The summed E-state index contributed by atoms with van der Waals surface area (Å²) >= 11 is 12.8. The van der Waals surface area contributed by atoms with E-state index < -0.39 is 0 Å². The number of piperidine rings is 1. The zero-order valence-electron chi connectivity index (χ0n) is 14.2. The minimum absolute atomic E-state index is 0.0457. The van der Waals surface area contributed by atoms with Gasteiger partial charge in [-0.2, -0.15) is 0 Å². The van der Waals surface area contributed by atoms with Crippen LogP contribution < -0.4 is 10.2 Å². The molecule has 4 heterocycles. The summed E-state index contributed by atoms with van der Waals surface area (Å²) in [5.74, 6) is 0. The normalized spacial score (nSPS) is 22.2. The van der Waals surface area contributed by atoms with Gasteiger partial charge in [0, 0.05) is 37.2 Å². The minimum Gasteiger partial charge on any atom is -0.364 e. The van der Waals surface area contributed by atoms with Crippen LogP contribution in [0.3, 0.4) is 0 Å². The van der Waals surface area contributed by atoms with E-state index in [4.69, 9.17) is 23.2 Å². The number of aromatic nitrogens is 1. The van der Waals surface area contributed by atoms with Gasteiger partial charge in [-0.3, -0.25) is 4.98 Å². The number of benzene rings is 1. The molecule has 2 bridgehead atoms. The van der Waals surface area contributed by atoms with E-state index in [9.17, 15) is 4.79 Å². The standard InChI is InChI=1S/C19H20Cl2N4O/c20-16-10-22-11-17(21)18(16)25-12-15-7-6-14(25)8-9-24(15)19(26)23-13-4-2-1-3-5-13/h1-5,10-11,14-15H,6-9,12H2,(H,23,26). The quantitative estimate of drug-likeness (QED) is 0.810. The Morgan fingerprint density at radius 1 is 1.04 bits per heavy atom. The van der Waals surface area contributed by atoms with Gasteiger partial charge >= 0.3 is 6.03 Å². The van der Waals surface area contributed by atoms with Gasteiger partial charge in [0.15, 0.2) is 0 Å². The lowest BCUT2D eigenvalue weighted by molar-refractivity contribution is 0.191. The van der Waals surface area contributed by atoms with Crippen molar-refractivity contribution in [1.82, 2.24) is 9.88 Å². The Balaban J connectivity index is 1.55. The van der Waals surface area contributed by atoms with E-state index in [1.807, 2.05) is 35.2 Å². The number of nitrogens with zero attached hydrogens (tertiary/aromatic N) is 3.